The highest BCUT2D eigenvalue weighted by molar-refractivity contribution is 5.19. The van der Waals surface area contributed by atoms with Gasteiger partial charge in [-0.25, -0.2) is 0 Å². The van der Waals surface area contributed by atoms with Crippen molar-refractivity contribution >= 4 is 0 Å². The topological polar surface area (TPSA) is 22.1 Å². The molecule has 1 aromatic rings. The van der Waals surface area contributed by atoms with E-state index in [9.17, 15) is 0 Å². The molecular formula is C14H17NO. The van der Waals surface area contributed by atoms with E-state index in [1.807, 2.05) is 49.4 Å². The molecule has 0 N–H and O–H groups in total. The van der Waals surface area contributed by atoms with Crippen LogP contribution in [-0.2, 0) is 11.3 Å². The van der Waals surface area contributed by atoms with Gasteiger partial charge in [-0.1, -0.05) is 36.9 Å². The molecule has 0 unspecified atom stereocenters. The van der Waals surface area contributed by atoms with Crippen molar-refractivity contribution in [2.24, 2.45) is 0 Å². The first-order valence-electron chi connectivity index (χ1n) is 5.27. The Balaban J connectivity index is 2.23. The number of allylic oxidation sites excluding steroid dienone is 3. The molecule has 2 heteroatoms. The molecule has 16 heavy (non-hydrogen) atoms. The monoisotopic (exact) mass is 215 g/mol. The maximum Gasteiger partial charge on any atom is 0.0892 e. The van der Waals surface area contributed by atoms with Crippen molar-refractivity contribution in [3.05, 3.63) is 66.5 Å². The zero-order valence-electron chi connectivity index (χ0n) is 9.60. The van der Waals surface area contributed by atoms with Crippen LogP contribution in [0, 0.1) is 0 Å². The molecule has 0 saturated carbocycles. The summed E-state index contributed by atoms with van der Waals surface area (Å²) >= 11 is 0. The smallest absolute Gasteiger partial charge is 0.0892 e. The quantitative estimate of drug-likeness (QED) is 0.679. The summed E-state index contributed by atoms with van der Waals surface area (Å²) in [7, 11) is 0. The first-order chi connectivity index (χ1) is 7.83. The van der Waals surface area contributed by atoms with Gasteiger partial charge in [-0.05, 0) is 24.6 Å². The fourth-order valence-corrected chi connectivity index (χ4v) is 1.12. The molecule has 0 fully saturated rings. The van der Waals surface area contributed by atoms with E-state index in [1.54, 1.807) is 6.20 Å². The molecule has 0 atom stereocenters. The summed E-state index contributed by atoms with van der Waals surface area (Å²) in [6.07, 6.45) is 9.59. The summed E-state index contributed by atoms with van der Waals surface area (Å²) in [6.45, 7) is 6.93. The third kappa shape index (κ3) is 5.27. The van der Waals surface area contributed by atoms with E-state index in [4.69, 9.17) is 4.74 Å². The molecule has 0 aliphatic rings. The van der Waals surface area contributed by atoms with Crippen molar-refractivity contribution in [1.29, 1.82) is 0 Å². The number of nitrogens with zero attached hydrogens (tertiary/aromatic N) is 1. The molecule has 0 aromatic carbocycles. The molecule has 2 nitrogen and oxygen atoms in total. The lowest BCUT2D eigenvalue weighted by Crippen LogP contribution is -1.97. The third-order valence-corrected chi connectivity index (χ3v) is 1.90. The zero-order chi connectivity index (χ0) is 11.6. The predicted molar refractivity (Wildman–Crippen MR) is 67.0 cm³/mol. The van der Waals surface area contributed by atoms with Gasteiger partial charge >= 0.3 is 0 Å². The van der Waals surface area contributed by atoms with Gasteiger partial charge in [0.05, 0.1) is 18.9 Å². The van der Waals surface area contributed by atoms with Crippen molar-refractivity contribution in [3.8, 4) is 0 Å². The summed E-state index contributed by atoms with van der Waals surface area (Å²) in [5, 5.41) is 0. The standard InChI is InChI=1S/C14H17NO/c1-3-4-5-8-13(2)11-16-12-14-9-6-7-10-15-14/h3-10H,2,11-12H2,1H3/b4-3-,8-5-. The molecule has 0 aliphatic heterocycles. The van der Waals surface area contributed by atoms with E-state index < -0.39 is 0 Å². The average Bonchev–Trinajstić information content (AvgIpc) is 2.31. The number of hydrogen-bond acceptors (Lipinski definition) is 2. The molecule has 1 heterocycles. The second-order valence-electron chi connectivity index (χ2n) is 3.36. The van der Waals surface area contributed by atoms with Crippen molar-refractivity contribution in [1.82, 2.24) is 4.98 Å². The lowest BCUT2D eigenvalue weighted by molar-refractivity contribution is 0.141. The molecule has 0 amide bonds. The van der Waals surface area contributed by atoms with Crippen LogP contribution in [0.25, 0.3) is 0 Å². The Morgan fingerprint density at radius 2 is 2.31 bits per heavy atom. The van der Waals surface area contributed by atoms with Crippen LogP contribution in [-0.4, -0.2) is 11.6 Å². The van der Waals surface area contributed by atoms with Crippen LogP contribution >= 0.6 is 0 Å². The van der Waals surface area contributed by atoms with Crippen molar-refractivity contribution in [2.45, 2.75) is 13.5 Å². The fraction of sp³-hybridized carbons (Fsp3) is 0.214. The van der Waals surface area contributed by atoms with Crippen molar-refractivity contribution in [3.63, 3.8) is 0 Å². The second-order valence-corrected chi connectivity index (χ2v) is 3.36. The highest BCUT2D eigenvalue weighted by Gasteiger charge is 1.93. The molecule has 84 valence electrons. The maximum absolute atomic E-state index is 5.47. The van der Waals surface area contributed by atoms with Crippen LogP contribution in [0.2, 0.25) is 0 Å². The van der Waals surface area contributed by atoms with Gasteiger partial charge in [0.2, 0.25) is 0 Å². The van der Waals surface area contributed by atoms with Gasteiger partial charge in [0.25, 0.3) is 0 Å². The Morgan fingerprint density at radius 1 is 1.44 bits per heavy atom. The number of rotatable bonds is 6. The molecule has 0 saturated heterocycles. The lowest BCUT2D eigenvalue weighted by atomic mass is 10.3. The highest BCUT2D eigenvalue weighted by Crippen LogP contribution is 2.00. The molecule has 1 rings (SSSR count). The van der Waals surface area contributed by atoms with E-state index >= 15 is 0 Å². The van der Waals surface area contributed by atoms with Gasteiger partial charge in [0.15, 0.2) is 0 Å². The van der Waals surface area contributed by atoms with E-state index in [-0.39, 0.29) is 0 Å². The third-order valence-electron chi connectivity index (χ3n) is 1.90. The normalized spacial score (nSPS) is 11.3. The Labute approximate surface area is 97.0 Å². The van der Waals surface area contributed by atoms with E-state index in [1.165, 1.54) is 0 Å². The SMILES string of the molecule is C=C(/C=C\C=C/C)COCc1ccccn1. The minimum Gasteiger partial charge on any atom is -0.371 e. The average molecular weight is 215 g/mol. The van der Waals surface area contributed by atoms with E-state index in [0.29, 0.717) is 13.2 Å². The van der Waals surface area contributed by atoms with Gasteiger partial charge in [-0.3, -0.25) is 4.98 Å². The highest BCUT2D eigenvalue weighted by atomic mass is 16.5. The van der Waals surface area contributed by atoms with E-state index in [0.717, 1.165) is 11.3 Å². The Kier molecular flexibility index (Phi) is 5.89. The summed E-state index contributed by atoms with van der Waals surface area (Å²) in [5.74, 6) is 0. The fourth-order valence-electron chi connectivity index (χ4n) is 1.12. The zero-order valence-corrected chi connectivity index (χ0v) is 9.60. The van der Waals surface area contributed by atoms with Gasteiger partial charge in [-0.2, -0.15) is 0 Å². The summed E-state index contributed by atoms with van der Waals surface area (Å²) in [5.41, 5.74) is 1.89. The summed E-state index contributed by atoms with van der Waals surface area (Å²) < 4.78 is 5.47. The number of pyridine rings is 1. The maximum atomic E-state index is 5.47. The van der Waals surface area contributed by atoms with Gasteiger partial charge in [-0.15, -0.1) is 0 Å². The molecule has 0 spiro atoms. The van der Waals surface area contributed by atoms with E-state index in [2.05, 4.69) is 11.6 Å². The predicted octanol–water partition coefficient (Wildman–Crippen LogP) is 3.29. The van der Waals surface area contributed by atoms with Crippen LogP contribution in [0.3, 0.4) is 0 Å². The van der Waals surface area contributed by atoms with Crippen LogP contribution in [0.15, 0.2) is 60.9 Å². The minimum atomic E-state index is 0.525. The molecule has 1 aromatic heterocycles. The number of hydrogen-bond donors (Lipinski definition) is 0. The van der Waals surface area contributed by atoms with Gasteiger partial charge in [0.1, 0.15) is 0 Å². The Bertz CT molecular complexity index is 366. The first kappa shape index (κ1) is 12.4. The second kappa shape index (κ2) is 7.60. The molecule has 0 radical (unpaired) electrons. The van der Waals surface area contributed by atoms with Crippen LogP contribution in [0.4, 0.5) is 0 Å². The van der Waals surface area contributed by atoms with Crippen molar-refractivity contribution < 1.29 is 4.74 Å². The molecule has 0 bridgehead atoms. The van der Waals surface area contributed by atoms with Crippen LogP contribution < -0.4 is 0 Å². The van der Waals surface area contributed by atoms with Gasteiger partial charge in [0, 0.05) is 6.20 Å². The lowest BCUT2D eigenvalue weighted by Gasteiger charge is -2.02. The van der Waals surface area contributed by atoms with Crippen LogP contribution in [0.5, 0.6) is 0 Å². The summed E-state index contributed by atoms with van der Waals surface area (Å²) in [4.78, 5) is 4.17. The Morgan fingerprint density at radius 3 is 3.00 bits per heavy atom. The molecular weight excluding hydrogens is 198 g/mol. The number of ether oxygens (including phenoxy) is 1. The van der Waals surface area contributed by atoms with Crippen LogP contribution in [0.1, 0.15) is 12.6 Å². The van der Waals surface area contributed by atoms with Gasteiger partial charge < -0.3 is 4.74 Å². The number of aromatic nitrogens is 1. The first-order valence-corrected chi connectivity index (χ1v) is 5.27. The summed E-state index contributed by atoms with van der Waals surface area (Å²) in [6, 6.07) is 5.78. The molecule has 0 aliphatic carbocycles. The largest absolute Gasteiger partial charge is 0.371 e. The minimum absolute atomic E-state index is 0.525. The Hall–Kier alpha value is -1.67. The van der Waals surface area contributed by atoms with Crippen molar-refractivity contribution in [2.75, 3.05) is 6.61 Å².